The molecule has 0 bridgehead atoms. The average Bonchev–Trinajstić information content (AvgIpc) is 2.40. The van der Waals surface area contributed by atoms with Gasteiger partial charge >= 0.3 is 5.97 Å². The van der Waals surface area contributed by atoms with E-state index in [1.54, 1.807) is 11.8 Å². The summed E-state index contributed by atoms with van der Waals surface area (Å²) in [6.07, 6.45) is 5.67. The summed E-state index contributed by atoms with van der Waals surface area (Å²) in [6.45, 7) is 0. The molecule has 0 aromatic heterocycles. The van der Waals surface area contributed by atoms with Crippen LogP contribution in [0.2, 0.25) is 0 Å². The highest BCUT2D eigenvalue weighted by Crippen LogP contribution is 2.27. The summed E-state index contributed by atoms with van der Waals surface area (Å²) >= 11 is 1.72. The second-order valence-corrected chi connectivity index (χ2v) is 5.65. The van der Waals surface area contributed by atoms with Crippen LogP contribution in [-0.4, -0.2) is 23.4 Å². The number of aliphatic carboxylic acids is 1. The number of benzene rings is 1. The van der Waals surface area contributed by atoms with Crippen LogP contribution in [0.3, 0.4) is 0 Å². The molecule has 1 aromatic rings. The van der Waals surface area contributed by atoms with E-state index in [4.69, 9.17) is 5.11 Å². The molecule has 0 heterocycles. The Morgan fingerprint density at radius 2 is 2.06 bits per heavy atom. The van der Waals surface area contributed by atoms with Gasteiger partial charge in [0.1, 0.15) is 0 Å². The van der Waals surface area contributed by atoms with Gasteiger partial charge in [0.15, 0.2) is 0 Å². The predicted molar refractivity (Wildman–Crippen MR) is 75.2 cm³/mol. The molecule has 0 radical (unpaired) electrons. The molecule has 2 rings (SSSR count). The summed E-state index contributed by atoms with van der Waals surface area (Å²) in [5.41, 5.74) is 1.09. The lowest BCUT2D eigenvalue weighted by Gasteiger charge is -2.28. The number of thioether (sulfide) groups is 1. The maximum Gasteiger partial charge on any atom is 0.306 e. The Morgan fingerprint density at radius 3 is 2.67 bits per heavy atom. The van der Waals surface area contributed by atoms with Crippen LogP contribution in [0.15, 0.2) is 29.2 Å². The first-order valence-electron chi connectivity index (χ1n) is 6.32. The second-order valence-electron chi connectivity index (χ2n) is 4.77. The molecular formula is C14H19NO2S. The van der Waals surface area contributed by atoms with Gasteiger partial charge in [-0.2, -0.15) is 0 Å². The second kappa shape index (κ2) is 6.14. The number of hydrogen-bond donors (Lipinski definition) is 2. The minimum atomic E-state index is -0.653. The first kappa shape index (κ1) is 13.3. The highest BCUT2D eigenvalue weighted by Gasteiger charge is 2.26. The molecule has 18 heavy (non-hydrogen) atoms. The molecule has 4 heteroatoms. The van der Waals surface area contributed by atoms with Crippen molar-refractivity contribution in [1.82, 2.24) is 0 Å². The Morgan fingerprint density at radius 1 is 1.33 bits per heavy atom. The van der Waals surface area contributed by atoms with Gasteiger partial charge in [0.25, 0.3) is 0 Å². The van der Waals surface area contributed by atoms with Gasteiger partial charge in [-0.3, -0.25) is 4.79 Å². The monoisotopic (exact) mass is 265 g/mol. The van der Waals surface area contributed by atoms with Crippen molar-refractivity contribution in [3.8, 4) is 0 Å². The maximum absolute atomic E-state index is 11.0. The lowest BCUT2D eigenvalue weighted by molar-refractivity contribution is -0.142. The van der Waals surface area contributed by atoms with Gasteiger partial charge in [-0.05, 0) is 49.8 Å². The van der Waals surface area contributed by atoms with Gasteiger partial charge in [-0.25, -0.2) is 0 Å². The fourth-order valence-corrected chi connectivity index (χ4v) is 2.88. The Labute approximate surface area is 112 Å². The first-order chi connectivity index (χ1) is 8.69. The lowest BCUT2D eigenvalue weighted by Crippen LogP contribution is -2.30. The van der Waals surface area contributed by atoms with Crippen molar-refractivity contribution >= 4 is 23.4 Å². The van der Waals surface area contributed by atoms with Gasteiger partial charge in [0, 0.05) is 16.6 Å². The fourth-order valence-electron chi connectivity index (χ4n) is 2.47. The summed E-state index contributed by atoms with van der Waals surface area (Å²) in [4.78, 5) is 12.2. The topological polar surface area (TPSA) is 49.3 Å². The van der Waals surface area contributed by atoms with Gasteiger partial charge in [-0.15, -0.1) is 11.8 Å². The highest BCUT2D eigenvalue weighted by molar-refractivity contribution is 7.98. The number of carboxylic acids is 1. The van der Waals surface area contributed by atoms with E-state index in [1.807, 2.05) is 0 Å². The van der Waals surface area contributed by atoms with Crippen LogP contribution in [0.5, 0.6) is 0 Å². The molecule has 2 N–H and O–H groups in total. The van der Waals surface area contributed by atoms with E-state index in [2.05, 4.69) is 35.8 Å². The number of carbonyl (C=O) groups is 1. The SMILES string of the molecule is CSc1ccc(NC2CCCC(C(=O)O)C2)cc1. The molecule has 1 aliphatic rings. The van der Waals surface area contributed by atoms with Gasteiger partial charge in [0.2, 0.25) is 0 Å². The molecular weight excluding hydrogens is 246 g/mol. The van der Waals surface area contributed by atoms with E-state index < -0.39 is 5.97 Å². The van der Waals surface area contributed by atoms with Crippen molar-refractivity contribution in [1.29, 1.82) is 0 Å². The van der Waals surface area contributed by atoms with Crippen molar-refractivity contribution in [3.05, 3.63) is 24.3 Å². The molecule has 2 unspecified atom stereocenters. The molecule has 1 saturated carbocycles. The van der Waals surface area contributed by atoms with E-state index >= 15 is 0 Å². The smallest absolute Gasteiger partial charge is 0.306 e. The Kier molecular flexibility index (Phi) is 4.53. The summed E-state index contributed by atoms with van der Waals surface area (Å²) in [6, 6.07) is 8.60. The van der Waals surface area contributed by atoms with Crippen molar-refractivity contribution in [2.24, 2.45) is 5.92 Å². The van der Waals surface area contributed by atoms with Gasteiger partial charge in [-0.1, -0.05) is 6.42 Å². The van der Waals surface area contributed by atoms with Crippen LogP contribution in [0, 0.1) is 5.92 Å². The van der Waals surface area contributed by atoms with E-state index in [-0.39, 0.29) is 5.92 Å². The fraction of sp³-hybridized carbons (Fsp3) is 0.500. The number of rotatable bonds is 4. The molecule has 1 aliphatic carbocycles. The van der Waals surface area contributed by atoms with Crippen LogP contribution in [0.1, 0.15) is 25.7 Å². The van der Waals surface area contributed by atoms with Gasteiger partial charge < -0.3 is 10.4 Å². The highest BCUT2D eigenvalue weighted by atomic mass is 32.2. The van der Waals surface area contributed by atoms with E-state index in [0.717, 1.165) is 31.4 Å². The lowest BCUT2D eigenvalue weighted by atomic mass is 9.85. The minimum Gasteiger partial charge on any atom is -0.481 e. The summed E-state index contributed by atoms with van der Waals surface area (Å²) < 4.78 is 0. The van der Waals surface area contributed by atoms with Crippen molar-refractivity contribution in [3.63, 3.8) is 0 Å². The molecule has 2 atom stereocenters. The van der Waals surface area contributed by atoms with Crippen molar-refractivity contribution in [2.45, 2.75) is 36.6 Å². The third kappa shape index (κ3) is 3.42. The Bertz CT molecular complexity index is 405. The molecule has 98 valence electrons. The standard InChI is InChI=1S/C14H19NO2S/c1-18-13-7-5-11(6-8-13)15-12-4-2-3-10(9-12)14(16)17/h5-8,10,12,15H,2-4,9H2,1H3,(H,16,17). The zero-order valence-corrected chi connectivity index (χ0v) is 11.4. The van der Waals surface area contributed by atoms with Crippen LogP contribution < -0.4 is 5.32 Å². The van der Waals surface area contributed by atoms with E-state index in [1.165, 1.54) is 4.90 Å². The molecule has 3 nitrogen and oxygen atoms in total. The van der Waals surface area contributed by atoms with Gasteiger partial charge in [0.05, 0.1) is 5.92 Å². The molecule has 1 fully saturated rings. The number of carboxylic acid groups (broad SMARTS) is 1. The predicted octanol–water partition coefficient (Wildman–Crippen LogP) is 3.46. The Balaban J connectivity index is 1.93. The van der Waals surface area contributed by atoms with Crippen LogP contribution in [0.4, 0.5) is 5.69 Å². The largest absolute Gasteiger partial charge is 0.481 e. The summed E-state index contributed by atoms with van der Waals surface area (Å²) in [5.74, 6) is -0.832. The van der Waals surface area contributed by atoms with Crippen molar-refractivity contribution < 1.29 is 9.90 Å². The normalized spacial score (nSPS) is 23.6. The molecule has 0 amide bonds. The number of anilines is 1. The summed E-state index contributed by atoms with van der Waals surface area (Å²) in [5, 5.41) is 12.5. The van der Waals surface area contributed by atoms with E-state index in [0.29, 0.717) is 6.04 Å². The quantitative estimate of drug-likeness (QED) is 0.818. The molecule has 0 spiro atoms. The minimum absolute atomic E-state index is 0.179. The summed E-state index contributed by atoms with van der Waals surface area (Å²) in [7, 11) is 0. The molecule has 0 saturated heterocycles. The van der Waals surface area contributed by atoms with E-state index in [9.17, 15) is 4.79 Å². The third-order valence-corrected chi connectivity index (χ3v) is 4.23. The molecule has 1 aromatic carbocycles. The van der Waals surface area contributed by atoms with Crippen LogP contribution in [-0.2, 0) is 4.79 Å². The zero-order chi connectivity index (χ0) is 13.0. The number of hydrogen-bond acceptors (Lipinski definition) is 3. The van der Waals surface area contributed by atoms with Crippen LogP contribution in [0.25, 0.3) is 0 Å². The average molecular weight is 265 g/mol. The van der Waals surface area contributed by atoms with Crippen LogP contribution >= 0.6 is 11.8 Å². The number of nitrogens with one attached hydrogen (secondary N) is 1. The Hall–Kier alpha value is -1.16. The van der Waals surface area contributed by atoms with Crippen molar-refractivity contribution in [2.75, 3.05) is 11.6 Å². The molecule has 0 aliphatic heterocycles. The zero-order valence-electron chi connectivity index (χ0n) is 10.6. The first-order valence-corrected chi connectivity index (χ1v) is 7.55. The maximum atomic E-state index is 11.0. The third-order valence-electron chi connectivity index (χ3n) is 3.48.